The van der Waals surface area contributed by atoms with Crippen LogP contribution in [0.5, 0.6) is 0 Å². The second-order valence-corrected chi connectivity index (χ2v) is 9.06. The molecule has 2 aromatic heterocycles. The third-order valence-electron chi connectivity index (χ3n) is 6.04. The van der Waals surface area contributed by atoms with Crippen molar-refractivity contribution in [1.29, 1.82) is 0 Å². The van der Waals surface area contributed by atoms with Crippen LogP contribution in [0.4, 0.5) is 0 Å². The number of pyridine rings is 1. The minimum Gasteiger partial charge on any atom is -0.348 e. The van der Waals surface area contributed by atoms with E-state index in [1.54, 1.807) is 15.9 Å². The molecule has 1 aliphatic heterocycles. The molecular weight excluding hydrogens is 406 g/mol. The number of carbonyl (C=O) groups is 1. The van der Waals surface area contributed by atoms with Gasteiger partial charge in [-0.25, -0.2) is 0 Å². The van der Waals surface area contributed by atoms with Crippen molar-refractivity contribution in [1.82, 2.24) is 15.2 Å². The van der Waals surface area contributed by atoms with Crippen LogP contribution in [0.1, 0.15) is 57.6 Å². The highest BCUT2D eigenvalue weighted by atomic mass is 35.5. The number of hydrogen-bond acceptors (Lipinski definition) is 4. The van der Waals surface area contributed by atoms with Gasteiger partial charge in [-0.2, -0.15) is 0 Å². The Bertz CT molecular complexity index is 915. The molecule has 2 aliphatic rings. The van der Waals surface area contributed by atoms with Gasteiger partial charge in [0, 0.05) is 24.2 Å². The van der Waals surface area contributed by atoms with E-state index in [9.17, 15) is 9.59 Å². The second kappa shape index (κ2) is 9.92. The highest BCUT2D eigenvalue weighted by molar-refractivity contribution is 7.10. The predicted molar refractivity (Wildman–Crippen MR) is 120 cm³/mol. The third-order valence-corrected chi connectivity index (χ3v) is 7.18. The summed E-state index contributed by atoms with van der Waals surface area (Å²) in [5.41, 5.74) is 3.50. The Morgan fingerprint density at radius 1 is 1.31 bits per heavy atom. The molecule has 0 radical (unpaired) electrons. The van der Waals surface area contributed by atoms with Gasteiger partial charge in [0.25, 0.3) is 11.5 Å². The third kappa shape index (κ3) is 4.93. The molecule has 0 aromatic carbocycles. The molecule has 1 atom stereocenters. The molecule has 0 bridgehead atoms. The van der Waals surface area contributed by atoms with Crippen LogP contribution in [0.3, 0.4) is 0 Å². The quantitative estimate of drug-likeness (QED) is 0.756. The molecule has 1 fully saturated rings. The lowest BCUT2D eigenvalue weighted by atomic mass is 9.96. The molecule has 0 spiro atoms. The van der Waals surface area contributed by atoms with Crippen molar-refractivity contribution in [3.8, 4) is 0 Å². The highest BCUT2D eigenvalue weighted by Gasteiger charge is 2.20. The summed E-state index contributed by atoms with van der Waals surface area (Å²) in [5.74, 6) is 0.191. The summed E-state index contributed by atoms with van der Waals surface area (Å²) in [6.07, 6.45) is 8.85. The first-order valence-corrected chi connectivity index (χ1v) is 11.3. The number of halogens is 1. The standard InChI is InChI=1S/C22H29N3O2S.ClH/c1-15-8-10-25(13-16-5-4-9-23-11-16)22(27)20(15)21(26)24-12-17-14-28-19-7-3-2-6-18(17)19;/h8,10,14,16,23H,2-7,9,11-13H2,1H3,(H,24,26);1H. The van der Waals surface area contributed by atoms with Crippen molar-refractivity contribution in [2.75, 3.05) is 13.1 Å². The summed E-state index contributed by atoms with van der Waals surface area (Å²) < 4.78 is 1.71. The van der Waals surface area contributed by atoms with Crippen molar-refractivity contribution in [2.45, 2.75) is 58.5 Å². The van der Waals surface area contributed by atoms with E-state index < -0.39 is 0 Å². The monoisotopic (exact) mass is 435 g/mol. The molecule has 1 saturated heterocycles. The Labute approximate surface area is 182 Å². The second-order valence-electron chi connectivity index (χ2n) is 8.10. The van der Waals surface area contributed by atoms with Gasteiger partial charge in [0.1, 0.15) is 5.56 Å². The first-order chi connectivity index (χ1) is 13.6. The number of aromatic nitrogens is 1. The van der Waals surface area contributed by atoms with Crippen LogP contribution in [0.2, 0.25) is 0 Å². The lowest BCUT2D eigenvalue weighted by Gasteiger charge is -2.23. The summed E-state index contributed by atoms with van der Waals surface area (Å²) in [4.78, 5) is 27.3. The lowest BCUT2D eigenvalue weighted by Crippen LogP contribution is -2.37. The molecule has 4 rings (SSSR count). The molecule has 2 aromatic rings. The molecule has 158 valence electrons. The summed E-state index contributed by atoms with van der Waals surface area (Å²) >= 11 is 1.80. The van der Waals surface area contributed by atoms with Gasteiger partial charge in [-0.3, -0.25) is 9.59 Å². The number of carbonyl (C=O) groups excluding carboxylic acids is 1. The van der Waals surface area contributed by atoms with Crippen molar-refractivity contribution >= 4 is 29.7 Å². The van der Waals surface area contributed by atoms with Gasteiger partial charge in [0.2, 0.25) is 0 Å². The van der Waals surface area contributed by atoms with E-state index in [0.717, 1.165) is 44.3 Å². The van der Waals surface area contributed by atoms with Crippen molar-refractivity contribution < 1.29 is 4.79 Å². The van der Waals surface area contributed by atoms with Crippen LogP contribution in [0.15, 0.2) is 22.4 Å². The Hall–Kier alpha value is -1.63. The van der Waals surface area contributed by atoms with Crippen LogP contribution >= 0.6 is 23.7 Å². The largest absolute Gasteiger partial charge is 0.348 e. The zero-order valence-corrected chi connectivity index (χ0v) is 18.6. The highest BCUT2D eigenvalue weighted by Crippen LogP contribution is 2.30. The molecule has 0 saturated carbocycles. The molecule has 1 aliphatic carbocycles. The Morgan fingerprint density at radius 3 is 2.93 bits per heavy atom. The molecule has 29 heavy (non-hydrogen) atoms. The average Bonchev–Trinajstić information content (AvgIpc) is 3.13. The van der Waals surface area contributed by atoms with Gasteiger partial charge in [0.15, 0.2) is 0 Å². The fourth-order valence-electron chi connectivity index (χ4n) is 4.42. The molecule has 3 heterocycles. The van der Waals surface area contributed by atoms with Crippen LogP contribution in [-0.2, 0) is 25.9 Å². The van der Waals surface area contributed by atoms with Crippen LogP contribution in [-0.4, -0.2) is 23.6 Å². The maximum atomic E-state index is 13.0. The predicted octanol–water partition coefficient (Wildman–Crippen LogP) is 3.45. The first kappa shape index (κ1) is 22.1. The summed E-state index contributed by atoms with van der Waals surface area (Å²) in [6, 6.07) is 1.89. The minimum atomic E-state index is -0.255. The molecular formula is C22H30ClN3O2S. The molecule has 7 heteroatoms. The van der Waals surface area contributed by atoms with Crippen LogP contribution in [0, 0.1) is 12.8 Å². The van der Waals surface area contributed by atoms with E-state index in [-0.39, 0.29) is 29.4 Å². The average molecular weight is 436 g/mol. The summed E-state index contributed by atoms with van der Waals surface area (Å²) in [6.45, 7) is 5.01. The molecule has 1 amide bonds. The topological polar surface area (TPSA) is 63.1 Å². The van der Waals surface area contributed by atoms with E-state index in [2.05, 4.69) is 16.0 Å². The minimum absolute atomic E-state index is 0. The van der Waals surface area contributed by atoms with E-state index in [1.165, 1.54) is 28.8 Å². The number of rotatable bonds is 5. The number of aryl methyl sites for hydroxylation is 2. The van der Waals surface area contributed by atoms with Crippen LogP contribution < -0.4 is 16.2 Å². The Balaban J connectivity index is 0.00000240. The van der Waals surface area contributed by atoms with E-state index >= 15 is 0 Å². The van der Waals surface area contributed by atoms with Gasteiger partial charge >= 0.3 is 0 Å². The number of fused-ring (bicyclic) bond motifs is 1. The first-order valence-electron chi connectivity index (χ1n) is 10.4. The SMILES string of the molecule is Cc1ccn(CC2CCCNC2)c(=O)c1C(=O)NCc1csc2c1CCCC2.Cl. The maximum Gasteiger partial charge on any atom is 0.263 e. The number of thiophene rings is 1. The number of hydrogen-bond donors (Lipinski definition) is 2. The Morgan fingerprint density at radius 2 is 2.14 bits per heavy atom. The Kier molecular flexibility index (Phi) is 7.55. The van der Waals surface area contributed by atoms with Gasteiger partial charge in [-0.05, 0) is 92.6 Å². The number of nitrogens with one attached hydrogen (secondary N) is 2. The fourth-order valence-corrected chi connectivity index (χ4v) is 5.56. The summed E-state index contributed by atoms with van der Waals surface area (Å²) in [7, 11) is 0. The van der Waals surface area contributed by atoms with Crippen LogP contribution in [0.25, 0.3) is 0 Å². The maximum absolute atomic E-state index is 13.0. The fraction of sp³-hybridized carbons (Fsp3) is 0.545. The van der Waals surface area contributed by atoms with E-state index in [4.69, 9.17) is 0 Å². The number of piperidine rings is 1. The van der Waals surface area contributed by atoms with Gasteiger partial charge in [-0.15, -0.1) is 23.7 Å². The number of nitrogens with zero attached hydrogens (tertiary/aromatic N) is 1. The zero-order valence-electron chi connectivity index (χ0n) is 17.0. The van der Waals surface area contributed by atoms with Gasteiger partial charge < -0.3 is 15.2 Å². The summed E-state index contributed by atoms with van der Waals surface area (Å²) in [5, 5.41) is 8.57. The van der Waals surface area contributed by atoms with Crippen molar-refractivity contribution in [3.05, 3.63) is 55.1 Å². The normalized spacial score (nSPS) is 18.6. The van der Waals surface area contributed by atoms with Crippen molar-refractivity contribution in [3.63, 3.8) is 0 Å². The zero-order chi connectivity index (χ0) is 19.5. The lowest BCUT2D eigenvalue weighted by molar-refractivity contribution is 0.0948. The van der Waals surface area contributed by atoms with E-state index in [0.29, 0.717) is 19.0 Å². The van der Waals surface area contributed by atoms with Gasteiger partial charge in [0.05, 0.1) is 0 Å². The van der Waals surface area contributed by atoms with E-state index in [1.807, 2.05) is 19.2 Å². The van der Waals surface area contributed by atoms with Crippen molar-refractivity contribution in [2.24, 2.45) is 5.92 Å². The molecule has 5 nitrogen and oxygen atoms in total. The molecule has 1 unspecified atom stereocenters. The smallest absolute Gasteiger partial charge is 0.263 e. The van der Waals surface area contributed by atoms with Gasteiger partial charge in [-0.1, -0.05) is 0 Å². The molecule has 2 N–H and O–H groups in total. The number of amides is 1.